The Morgan fingerprint density at radius 1 is 1.14 bits per heavy atom. The first-order valence-corrected chi connectivity index (χ1v) is 10.1. The summed E-state index contributed by atoms with van der Waals surface area (Å²) in [7, 11) is 0. The topological polar surface area (TPSA) is 89.4 Å². The van der Waals surface area contributed by atoms with E-state index in [0.29, 0.717) is 28.0 Å². The molecule has 1 atom stereocenters. The first-order chi connectivity index (χ1) is 13.4. The van der Waals surface area contributed by atoms with Gasteiger partial charge in [0.2, 0.25) is 11.8 Å². The van der Waals surface area contributed by atoms with Gasteiger partial charge >= 0.3 is 0 Å². The molecule has 0 bridgehead atoms. The summed E-state index contributed by atoms with van der Waals surface area (Å²) in [6.07, 6.45) is 2.63. The average molecular weight is 402 g/mol. The summed E-state index contributed by atoms with van der Waals surface area (Å²) in [6.45, 7) is 4.01. The van der Waals surface area contributed by atoms with E-state index in [1.54, 1.807) is 24.3 Å². The van der Waals surface area contributed by atoms with Crippen molar-refractivity contribution in [3.63, 3.8) is 0 Å². The molecule has 0 aliphatic carbocycles. The summed E-state index contributed by atoms with van der Waals surface area (Å²) in [5, 5.41) is 0. The summed E-state index contributed by atoms with van der Waals surface area (Å²) in [5.74, 6) is -1.49. The van der Waals surface area contributed by atoms with Crippen LogP contribution in [0, 0.1) is 5.82 Å². The summed E-state index contributed by atoms with van der Waals surface area (Å²) < 4.78 is 13.2. The average Bonchev–Trinajstić information content (AvgIpc) is 3.10. The van der Waals surface area contributed by atoms with Crippen LogP contribution in [0.25, 0.3) is 0 Å². The second-order valence-corrected chi connectivity index (χ2v) is 7.99. The Hall–Kier alpha value is -2.38. The van der Waals surface area contributed by atoms with Crippen molar-refractivity contribution < 1.29 is 14.0 Å². The molecule has 0 saturated carbocycles. The lowest BCUT2D eigenvalue weighted by molar-refractivity contribution is 0.0996. The zero-order valence-corrected chi connectivity index (χ0v) is 16.6. The van der Waals surface area contributed by atoms with Gasteiger partial charge in [0.15, 0.2) is 0 Å². The van der Waals surface area contributed by atoms with Crippen LogP contribution in [-0.4, -0.2) is 35.8 Å². The second-order valence-electron chi connectivity index (χ2n) is 6.88. The Balaban J connectivity index is 2.04. The van der Waals surface area contributed by atoms with Crippen molar-refractivity contribution in [2.75, 3.05) is 13.1 Å². The van der Waals surface area contributed by atoms with Crippen LogP contribution < -0.4 is 11.5 Å². The number of hydrogen-bond donors (Lipinski definition) is 2. The van der Waals surface area contributed by atoms with E-state index >= 15 is 0 Å². The molecule has 1 heterocycles. The molecule has 0 aromatic heterocycles. The number of primary amides is 2. The fourth-order valence-corrected chi connectivity index (χ4v) is 4.82. The maximum atomic E-state index is 13.2. The van der Waals surface area contributed by atoms with E-state index in [4.69, 9.17) is 11.5 Å². The van der Waals surface area contributed by atoms with Crippen LogP contribution in [0.3, 0.4) is 0 Å². The number of carbonyl (C=O) groups is 2. The highest BCUT2D eigenvalue weighted by Crippen LogP contribution is 2.35. The third-order valence-corrected chi connectivity index (χ3v) is 6.24. The van der Waals surface area contributed by atoms with Crippen molar-refractivity contribution >= 4 is 23.6 Å². The minimum Gasteiger partial charge on any atom is -0.366 e. The van der Waals surface area contributed by atoms with Gasteiger partial charge < -0.3 is 16.4 Å². The van der Waals surface area contributed by atoms with Crippen LogP contribution in [0.4, 0.5) is 4.39 Å². The Kier molecular flexibility index (Phi) is 6.36. The molecule has 3 rings (SSSR count). The third-order valence-electron chi connectivity index (χ3n) is 5.17. The van der Waals surface area contributed by atoms with E-state index in [1.165, 1.54) is 23.9 Å². The second kappa shape index (κ2) is 8.75. The van der Waals surface area contributed by atoms with Gasteiger partial charge in [-0.1, -0.05) is 18.7 Å². The molecule has 2 aromatic carbocycles. The Labute approximate surface area is 168 Å². The van der Waals surface area contributed by atoms with E-state index < -0.39 is 11.8 Å². The number of nitrogens with two attached hydrogens (primary N) is 2. The van der Waals surface area contributed by atoms with Gasteiger partial charge in [-0.15, -0.1) is 0 Å². The quantitative estimate of drug-likeness (QED) is 0.746. The van der Waals surface area contributed by atoms with E-state index in [-0.39, 0.29) is 11.9 Å². The van der Waals surface area contributed by atoms with Crippen LogP contribution in [0.1, 0.15) is 46.0 Å². The van der Waals surface area contributed by atoms with Crippen molar-refractivity contribution in [2.24, 2.45) is 11.5 Å². The molecular formula is C21H24FN3O2S. The molecule has 1 unspecified atom stereocenters. The van der Waals surface area contributed by atoms with Crippen molar-refractivity contribution in [1.29, 1.82) is 0 Å². The van der Waals surface area contributed by atoms with Gasteiger partial charge in [0.05, 0.1) is 5.56 Å². The van der Waals surface area contributed by atoms with E-state index in [1.807, 2.05) is 0 Å². The Morgan fingerprint density at radius 2 is 1.86 bits per heavy atom. The number of benzene rings is 2. The summed E-state index contributed by atoms with van der Waals surface area (Å²) in [4.78, 5) is 28.2. The molecule has 0 spiro atoms. The summed E-state index contributed by atoms with van der Waals surface area (Å²) in [5.41, 5.74) is 12.6. The molecule has 7 heteroatoms. The molecule has 2 amide bonds. The standard InChI is InChI=1S/C21H24FN3O2S/c1-2-25-11-3-4-14(25)12-17-16(20(23)26)9-10-18(19(17)21(24)27)28-15-7-5-13(22)6-8-15/h5-10,14H,2-4,11-12H2,1H3,(H2,23,26)(H2,24,27). The molecule has 4 N–H and O–H groups in total. The lowest BCUT2D eigenvalue weighted by Crippen LogP contribution is -2.33. The SMILES string of the molecule is CCN1CCCC1Cc1c(C(N)=O)ccc(Sc2ccc(F)cc2)c1C(N)=O. The predicted molar refractivity (Wildman–Crippen MR) is 108 cm³/mol. The highest BCUT2D eigenvalue weighted by atomic mass is 32.2. The van der Waals surface area contributed by atoms with Crippen LogP contribution in [0.15, 0.2) is 46.2 Å². The fourth-order valence-electron chi connectivity index (χ4n) is 3.83. The minimum atomic E-state index is -0.594. The van der Waals surface area contributed by atoms with Gasteiger partial charge in [0.1, 0.15) is 5.82 Å². The van der Waals surface area contributed by atoms with Gasteiger partial charge in [0.25, 0.3) is 0 Å². The number of nitrogens with zero attached hydrogens (tertiary/aromatic N) is 1. The highest BCUT2D eigenvalue weighted by molar-refractivity contribution is 7.99. The lowest BCUT2D eigenvalue weighted by Gasteiger charge is -2.25. The molecule has 2 aromatic rings. The van der Waals surface area contributed by atoms with Gasteiger partial charge in [-0.3, -0.25) is 9.59 Å². The number of likely N-dealkylation sites (N-methyl/N-ethyl adjacent to an activating group) is 1. The van der Waals surface area contributed by atoms with Crippen molar-refractivity contribution in [3.8, 4) is 0 Å². The predicted octanol–water partition coefficient (Wildman–Crippen LogP) is 3.20. The number of amides is 2. The van der Waals surface area contributed by atoms with Gasteiger partial charge in [-0.05, 0) is 74.3 Å². The molecule has 1 fully saturated rings. The molecular weight excluding hydrogens is 377 g/mol. The molecule has 5 nitrogen and oxygen atoms in total. The van der Waals surface area contributed by atoms with Crippen LogP contribution >= 0.6 is 11.8 Å². The number of halogens is 1. The molecule has 1 aliphatic rings. The van der Waals surface area contributed by atoms with Gasteiger partial charge in [0, 0.05) is 21.4 Å². The largest absolute Gasteiger partial charge is 0.366 e. The summed E-state index contributed by atoms with van der Waals surface area (Å²) >= 11 is 1.32. The van der Waals surface area contributed by atoms with Gasteiger partial charge in [-0.25, -0.2) is 4.39 Å². The summed E-state index contributed by atoms with van der Waals surface area (Å²) in [6, 6.07) is 9.59. The monoisotopic (exact) mass is 401 g/mol. The molecule has 148 valence electrons. The number of likely N-dealkylation sites (tertiary alicyclic amines) is 1. The maximum Gasteiger partial charge on any atom is 0.250 e. The minimum absolute atomic E-state index is 0.243. The van der Waals surface area contributed by atoms with Crippen LogP contribution in [-0.2, 0) is 6.42 Å². The zero-order valence-electron chi connectivity index (χ0n) is 15.8. The molecule has 1 saturated heterocycles. The highest BCUT2D eigenvalue weighted by Gasteiger charge is 2.28. The van der Waals surface area contributed by atoms with Crippen LogP contribution in [0.5, 0.6) is 0 Å². The number of rotatable bonds is 7. The molecule has 0 radical (unpaired) electrons. The molecule has 1 aliphatic heterocycles. The fraction of sp³-hybridized carbons (Fsp3) is 0.333. The maximum absolute atomic E-state index is 13.2. The van der Waals surface area contributed by atoms with Crippen molar-refractivity contribution in [1.82, 2.24) is 4.90 Å². The van der Waals surface area contributed by atoms with Crippen molar-refractivity contribution in [2.45, 2.75) is 42.0 Å². The smallest absolute Gasteiger partial charge is 0.250 e. The first-order valence-electron chi connectivity index (χ1n) is 9.33. The Bertz CT molecular complexity index is 886. The Morgan fingerprint density at radius 3 is 2.46 bits per heavy atom. The van der Waals surface area contributed by atoms with Crippen LogP contribution in [0.2, 0.25) is 0 Å². The number of hydrogen-bond acceptors (Lipinski definition) is 4. The zero-order chi connectivity index (χ0) is 20.3. The van der Waals surface area contributed by atoms with E-state index in [9.17, 15) is 14.0 Å². The lowest BCUT2D eigenvalue weighted by atomic mass is 9.93. The van der Waals surface area contributed by atoms with Crippen molar-refractivity contribution in [3.05, 3.63) is 58.9 Å². The third kappa shape index (κ3) is 4.36. The van der Waals surface area contributed by atoms with E-state index in [0.717, 1.165) is 30.8 Å². The first kappa shape index (κ1) is 20.4. The molecule has 28 heavy (non-hydrogen) atoms. The van der Waals surface area contributed by atoms with Gasteiger partial charge in [-0.2, -0.15) is 0 Å². The normalized spacial score (nSPS) is 17.0. The number of carbonyl (C=O) groups excluding carboxylic acids is 2. The van der Waals surface area contributed by atoms with E-state index in [2.05, 4.69) is 11.8 Å².